The number of carbonyl (C=O) groups is 2. The summed E-state index contributed by atoms with van der Waals surface area (Å²) in [4.78, 5) is 28.3. The highest BCUT2D eigenvalue weighted by Crippen LogP contribution is 2.32. The molecule has 1 aliphatic rings. The number of Topliss-reactive ketones (excluding diaryl/α,β-unsaturated/α-hetero) is 2. The molecule has 2 aromatic carbocycles. The number of para-hydroxylation sites is 1. The van der Waals surface area contributed by atoms with Crippen molar-refractivity contribution in [3.63, 3.8) is 0 Å². The van der Waals surface area contributed by atoms with E-state index in [9.17, 15) is 9.59 Å². The highest BCUT2D eigenvalue weighted by molar-refractivity contribution is 6.25. The maximum absolute atomic E-state index is 12.6. The minimum Gasteiger partial charge on any atom is -0.361 e. The molecule has 0 amide bonds. The summed E-state index contributed by atoms with van der Waals surface area (Å²) < 4.78 is 0. The molecule has 1 saturated carbocycles. The molecule has 0 atom stereocenters. The molecular formula is C21H17NO2. The second kappa shape index (κ2) is 5.93. The van der Waals surface area contributed by atoms with Crippen molar-refractivity contribution < 1.29 is 9.59 Å². The molecule has 1 heterocycles. The van der Waals surface area contributed by atoms with Crippen LogP contribution in [-0.4, -0.2) is 16.6 Å². The molecule has 0 bridgehead atoms. The van der Waals surface area contributed by atoms with Crippen LogP contribution in [0.2, 0.25) is 0 Å². The van der Waals surface area contributed by atoms with Crippen LogP contribution in [0.5, 0.6) is 0 Å². The van der Waals surface area contributed by atoms with Gasteiger partial charge in [-0.15, -0.1) is 0 Å². The first-order chi connectivity index (χ1) is 11.7. The van der Waals surface area contributed by atoms with Crippen LogP contribution < -0.4 is 0 Å². The van der Waals surface area contributed by atoms with Crippen molar-refractivity contribution in [2.75, 3.05) is 0 Å². The minimum atomic E-state index is -0.0645. The molecule has 118 valence electrons. The van der Waals surface area contributed by atoms with Gasteiger partial charge in [0.15, 0.2) is 11.6 Å². The van der Waals surface area contributed by atoms with Crippen LogP contribution in [0.25, 0.3) is 17.0 Å². The van der Waals surface area contributed by atoms with E-state index in [1.807, 2.05) is 60.8 Å². The van der Waals surface area contributed by atoms with Gasteiger partial charge in [-0.1, -0.05) is 48.5 Å². The number of allylic oxidation sites excluding steroid dienone is 1. The van der Waals surface area contributed by atoms with Crippen molar-refractivity contribution in [2.24, 2.45) is 0 Å². The predicted molar refractivity (Wildman–Crippen MR) is 94.7 cm³/mol. The second-order valence-electron chi connectivity index (χ2n) is 6.21. The smallest absolute Gasteiger partial charge is 0.167 e. The van der Waals surface area contributed by atoms with Gasteiger partial charge < -0.3 is 4.98 Å². The van der Waals surface area contributed by atoms with Gasteiger partial charge in [-0.05, 0) is 23.6 Å². The van der Waals surface area contributed by atoms with Gasteiger partial charge in [-0.2, -0.15) is 0 Å². The highest BCUT2D eigenvalue weighted by atomic mass is 16.1. The van der Waals surface area contributed by atoms with E-state index < -0.39 is 0 Å². The molecule has 3 nitrogen and oxygen atoms in total. The third-order valence-electron chi connectivity index (χ3n) is 4.66. The number of H-pyrrole nitrogens is 1. The molecule has 1 fully saturated rings. The summed E-state index contributed by atoms with van der Waals surface area (Å²) in [5, 5.41) is 1.02. The summed E-state index contributed by atoms with van der Waals surface area (Å²) >= 11 is 0. The molecule has 1 N–H and O–H groups in total. The van der Waals surface area contributed by atoms with E-state index in [1.54, 1.807) is 6.08 Å². The number of ketones is 2. The summed E-state index contributed by atoms with van der Waals surface area (Å²) in [6.07, 6.45) is 4.38. The number of aromatic amines is 1. The lowest BCUT2D eigenvalue weighted by Gasteiger charge is -2.22. The molecule has 4 rings (SSSR count). The number of benzene rings is 2. The summed E-state index contributed by atoms with van der Waals surface area (Å²) in [6, 6.07) is 17.7. The molecule has 1 aromatic heterocycles. The first kappa shape index (κ1) is 14.6. The summed E-state index contributed by atoms with van der Waals surface area (Å²) in [6.45, 7) is 0. The standard InChI is InChI=1S/C21H17NO2/c23-20-11-15(14-6-2-1-3-7-14)12-21(24)18(20)10-16-13-22-19-9-5-4-8-17(16)19/h1-10,13,15,22H,11-12H2. The first-order valence-corrected chi connectivity index (χ1v) is 8.11. The minimum absolute atomic E-state index is 0.00804. The zero-order chi connectivity index (χ0) is 16.5. The molecule has 3 aromatic rings. The van der Waals surface area contributed by atoms with Crippen molar-refractivity contribution >= 4 is 28.5 Å². The molecular weight excluding hydrogens is 298 g/mol. The van der Waals surface area contributed by atoms with Gasteiger partial charge >= 0.3 is 0 Å². The SMILES string of the molecule is O=C1CC(c2ccccc2)CC(=O)C1=Cc1c[nH]c2ccccc12. The predicted octanol–water partition coefficient (Wildman–Crippen LogP) is 4.27. The second-order valence-corrected chi connectivity index (χ2v) is 6.21. The van der Waals surface area contributed by atoms with Gasteiger partial charge in [0.05, 0.1) is 5.57 Å². The van der Waals surface area contributed by atoms with E-state index >= 15 is 0 Å². The molecule has 0 spiro atoms. The van der Waals surface area contributed by atoms with Crippen molar-refractivity contribution in [1.29, 1.82) is 0 Å². The number of hydrogen-bond acceptors (Lipinski definition) is 2. The topological polar surface area (TPSA) is 49.9 Å². The van der Waals surface area contributed by atoms with Crippen LogP contribution in [0.3, 0.4) is 0 Å². The summed E-state index contributed by atoms with van der Waals surface area (Å²) in [5.74, 6) is -0.137. The lowest BCUT2D eigenvalue weighted by atomic mass is 9.79. The Morgan fingerprint density at radius 2 is 1.54 bits per heavy atom. The van der Waals surface area contributed by atoms with Gasteiger partial charge in [0, 0.05) is 35.5 Å². The quantitative estimate of drug-likeness (QED) is 0.567. The first-order valence-electron chi connectivity index (χ1n) is 8.11. The summed E-state index contributed by atoms with van der Waals surface area (Å²) in [7, 11) is 0. The third kappa shape index (κ3) is 2.58. The molecule has 3 heteroatoms. The van der Waals surface area contributed by atoms with Crippen LogP contribution in [0.1, 0.15) is 29.9 Å². The van der Waals surface area contributed by atoms with Crippen molar-refractivity contribution in [2.45, 2.75) is 18.8 Å². The average molecular weight is 315 g/mol. The largest absolute Gasteiger partial charge is 0.361 e. The molecule has 0 aliphatic heterocycles. The Morgan fingerprint density at radius 3 is 2.29 bits per heavy atom. The maximum Gasteiger partial charge on any atom is 0.167 e. The number of hydrogen-bond donors (Lipinski definition) is 1. The lowest BCUT2D eigenvalue weighted by molar-refractivity contribution is -0.124. The van der Waals surface area contributed by atoms with Gasteiger partial charge in [-0.25, -0.2) is 0 Å². The van der Waals surface area contributed by atoms with Crippen LogP contribution >= 0.6 is 0 Å². The van der Waals surface area contributed by atoms with E-state index in [-0.39, 0.29) is 17.5 Å². The Morgan fingerprint density at radius 1 is 0.875 bits per heavy atom. The fourth-order valence-electron chi connectivity index (χ4n) is 3.39. The van der Waals surface area contributed by atoms with Crippen LogP contribution in [0, 0.1) is 0 Å². The number of carbonyl (C=O) groups excluding carboxylic acids is 2. The maximum atomic E-state index is 12.6. The Kier molecular flexibility index (Phi) is 3.62. The van der Waals surface area contributed by atoms with Gasteiger partial charge in [0.25, 0.3) is 0 Å². The third-order valence-corrected chi connectivity index (χ3v) is 4.66. The van der Waals surface area contributed by atoms with Gasteiger partial charge in [0.1, 0.15) is 0 Å². The van der Waals surface area contributed by atoms with Crippen LogP contribution in [0.15, 0.2) is 66.4 Å². The average Bonchev–Trinajstić information content (AvgIpc) is 3.02. The zero-order valence-electron chi connectivity index (χ0n) is 13.2. The fourth-order valence-corrected chi connectivity index (χ4v) is 3.39. The fraction of sp³-hybridized carbons (Fsp3) is 0.143. The van der Waals surface area contributed by atoms with Crippen LogP contribution in [0.4, 0.5) is 0 Å². The van der Waals surface area contributed by atoms with Crippen LogP contribution in [-0.2, 0) is 9.59 Å². The molecule has 0 saturated heterocycles. The highest BCUT2D eigenvalue weighted by Gasteiger charge is 2.31. The normalized spacial score (nSPS) is 18.2. The molecule has 0 radical (unpaired) electrons. The lowest BCUT2D eigenvalue weighted by Crippen LogP contribution is -2.24. The Labute approximate surface area is 140 Å². The number of nitrogens with one attached hydrogen (secondary N) is 1. The monoisotopic (exact) mass is 315 g/mol. The van der Waals surface area contributed by atoms with E-state index in [0.717, 1.165) is 22.0 Å². The van der Waals surface area contributed by atoms with Gasteiger partial charge in [0.2, 0.25) is 0 Å². The van der Waals surface area contributed by atoms with Crippen molar-refractivity contribution in [3.05, 3.63) is 77.5 Å². The number of fused-ring (bicyclic) bond motifs is 1. The zero-order valence-corrected chi connectivity index (χ0v) is 13.2. The Balaban J connectivity index is 1.66. The van der Waals surface area contributed by atoms with Crippen molar-refractivity contribution in [3.8, 4) is 0 Å². The Hall–Kier alpha value is -2.94. The van der Waals surface area contributed by atoms with E-state index in [2.05, 4.69) is 4.98 Å². The molecule has 24 heavy (non-hydrogen) atoms. The summed E-state index contributed by atoms with van der Waals surface area (Å²) in [5.41, 5.74) is 3.28. The van der Waals surface area contributed by atoms with E-state index in [4.69, 9.17) is 0 Å². The molecule has 1 aliphatic carbocycles. The van der Waals surface area contributed by atoms with E-state index in [1.165, 1.54) is 0 Å². The Bertz CT molecular complexity index is 930. The van der Waals surface area contributed by atoms with E-state index in [0.29, 0.717) is 18.4 Å². The van der Waals surface area contributed by atoms with Crippen molar-refractivity contribution in [1.82, 2.24) is 4.98 Å². The number of aromatic nitrogens is 1. The number of rotatable bonds is 2. The van der Waals surface area contributed by atoms with Gasteiger partial charge in [-0.3, -0.25) is 9.59 Å². The molecule has 0 unspecified atom stereocenters.